The van der Waals surface area contributed by atoms with Crippen LogP contribution in [0.4, 0.5) is 0 Å². The molecule has 2 heterocycles. The van der Waals surface area contributed by atoms with Crippen LogP contribution in [0.1, 0.15) is 0 Å². The predicted molar refractivity (Wildman–Crippen MR) is 78.4 cm³/mol. The summed E-state index contributed by atoms with van der Waals surface area (Å²) < 4.78 is 5.31. The van der Waals surface area contributed by atoms with Gasteiger partial charge in [-0.2, -0.15) is 0 Å². The number of carboxylic acid groups (broad SMARTS) is 1. The fourth-order valence-electron chi connectivity index (χ4n) is 2.53. The largest absolute Gasteiger partial charge is 0.484 e. The summed E-state index contributed by atoms with van der Waals surface area (Å²) in [5, 5.41) is 10.8. The van der Waals surface area contributed by atoms with Gasteiger partial charge in [0.05, 0.1) is 6.04 Å². The minimum Gasteiger partial charge on any atom is -0.484 e. The van der Waals surface area contributed by atoms with Crippen molar-refractivity contribution in [2.24, 2.45) is 0 Å². The van der Waals surface area contributed by atoms with Crippen LogP contribution in [0.15, 0.2) is 30.3 Å². The third-order valence-electron chi connectivity index (χ3n) is 3.58. The molecule has 116 valence electrons. The lowest BCUT2D eigenvalue weighted by molar-refractivity contribution is -0.159. The van der Waals surface area contributed by atoms with E-state index in [4.69, 9.17) is 9.84 Å². The topological polar surface area (TPSA) is 95.9 Å². The molecule has 0 radical (unpaired) electrons. The molecular formula is C14H14N2O5S. The van der Waals surface area contributed by atoms with Gasteiger partial charge >= 0.3 is 5.97 Å². The van der Waals surface area contributed by atoms with Gasteiger partial charge in [0.1, 0.15) is 11.8 Å². The van der Waals surface area contributed by atoms with Gasteiger partial charge in [0.15, 0.2) is 12.0 Å². The molecule has 2 fully saturated rings. The molecule has 3 atom stereocenters. The van der Waals surface area contributed by atoms with Crippen LogP contribution in [0.3, 0.4) is 0 Å². The van der Waals surface area contributed by atoms with E-state index in [1.165, 1.54) is 16.7 Å². The number of aliphatic carboxylic acids is 1. The van der Waals surface area contributed by atoms with Crippen LogP contribution >= 0.6 is 11.8 Å². The van der Waals surface area contributed by atoms with Crippen molar-refractivity contribution in [3.8, 4) is 5.75 Å². The van der Waals surface area contributed by atoms with Gasteiger partial charge in [0.2, 0.25) is 5.91 Å². The highest BCUT2D eigenvalue weighted by atomic mass is 32.2. The number of fused-ring (bicyclic) bond motifs is 1. The Morgan fingerprint density at radius 1 is 1.36 bits per heavy atom. The summed E-state index contributed by atoms with van der Waals surface area (Å²) in [5.41, 5.74) is 0. The molecule has 0 aliphatic carbocycles. The first-order chi connectivity index (χ1) is 10.6. The first-order valence-electron chi connectivity index (χ1n) is 6.72. The number of hydrogen-bond acceptors (Lipinski definition) is 5. The summed E-state index contributed by atoms with van der Waals surface area (Å²) in [4.78, 5) is 36.1. The number of rotatable bonds is 5. The minimum atomic E-state index is -1.03. The van der Waals surface area contributed by atoms with E-state index >= 15 is 0 Å². The molecule has 2 aliphatic rings. The van der Waals surface area contributed by atoms with Crippen LogP contribution in [0, 0.1) is 0 Å². The Bertz CT molecular complexity index is 609. The number of carbonyl (C=O) groups is 3. The molecule has 0 bridgehead atoms. The third kappa shape index (κ3) is 2.61. The number of amides is 2. The maximum absolute atomic E-state index is 12.0. The first-order valence-corrected chi connectivity index (χ1v) is 7.76. The number of ether oxygens (including phenoxy) is 1. The van der Waals surface area contributed by atoms with Crippen LogP contribution in [0.25, 0.3) is 0 Å². The number of β-lactam (4-membered cyclic amide) rings is 1. The second kappa shape index (κ2) is 5.88. The highest BCUT2D eigenvalue weighted by molar-refractivity contribution is 8.00. The predicted octanol–water partition coefficient (Wildman–Crippen LogP) is -0.0815. The number of thioether (sulfide) groups is 1. The van der Waals surface area contributed by atoms with Gasteiger partial charge < -0.3 is 20.1 Å². The van der Waals surface area contributed by atoms with Gasteiger partial charge in [-0.1, -0.05) is 18.2 Å². The molecule has 2 N–H and O–H groups in total. The van der Waals surface area contributed by atoms with Crippen LogP contribution < -0.4 is 10.1 Å². The van der Waals surface area contributed by atoms with E-state index in [1.807, 2.05) is 6.07 Å². The van der Waals surface area contributed by atoms with Gasteiger partial charge in [-0.05, 0) is 12.1 Å². The highest BCUT2D eigenvalue weighted by Crippen LogP contribution is 2.38. The molecule has 8 heteroatoms. The lowest BCUT2D eigenvalue weighted by atomic mass is 9.97. The van der Waals surface area contributed by atoms with Crippen LogP contribution in [0.5, 0.6) is 5.75 Å². The van der Waals surface area contributed by atoms with E-state index < -0.39 is 23.3 Å². The zero-order valence-electron chi connectivity index (χ0n) is 11.5. The Morgan fingerprint density at radius 3 is 2.77 bits per heavy atom. The first kappa shape index (κ1) is 14.7. The van der Waals surface area contributed by atoms with Crippen LogP contribution in [-0.4, -0.2) is 57.6 Å². The van der Waals surface area contributed by atoms with Crippen molar-refractivity contribution in [1.82, 2.24) is 10.2 Å². The minimum absolute atomic E-state index is 0.185. The summed E-state index contributed by atoms with van der Waals surface area (Å²) in [5.74, 6) is -0.701. The zero-order chi connectivity index (χ0) is 15.7. The van der Waals surface area contributed by atoms with Gasteiger partial charge in [0, 0.05) is 5.75 Å². The van der Waals surface area contributed by atoms with E-state index in [1.54, 1.807) is 24.3 Å². The van der Waals surface area contributed by atoms with Gasteiger partial charge in [0.25, 0.3) is 5.91 Å². The lowest BCUT2D eigenvalue weighted by Crippen LogP contribution is -2.71. The number of carbonyl (C=O) groups excluding carboxylic acids is 2. The fraction of sp³-hybridized carbons (Fsp3) is 0.357. The maximum atomic E-state index is 12.0. The van der Waals surface area contributed by atoms with Gasteiger partial charge in [-0.3, -0.25) is 9.59 Å². The molecule has 3 rings (SSSR count). The number of nitrogens with one attached hydrogen (secondary N) is 1. The molecule has 1 aromatic rings. The fourth-order valence-corrected chi connectivity index (χ4v) is 3.83. The zero-order valence-corrected chi connectivity index (χ0v) is 12.3. The maximum Gasteiger partial charge on any atom is 0.337 e. The van der Waals surface area contributed by atoms with E-state index in [0.29, 0.717) is 11.5 Å². The molecule has 2 amide bonds. The molecule has 0 spiro atoms. The number of benzene rings is 1. The van der Waals surface area contributed by atoms with Crippen LogP contribution in [-0.2, 0) is 14.4 Å². The Balaban J connectivity index is 1.51. The van der Waals surface area contributed by atoms with Gasteiger partial charge in [-0.25, -0.2) is 4.79 Å². The molecule has 1 aromatic carbocycles. The number of nitrogens with zero attached hydrogens (tertiary/aromatic N) is 1. The molecule has 2 unspecified atom stereocenters. The van der Waals surface area contributed by atoms with Crippen molar-refractivity contribution in [2.75, 3.05) is 12.4 Å². The molecule has 0 aromatic heterocycles. The van der Waals surface area contributed by atoms with Crippen molar-refractivity contribution >= 4 is 29.5 Å². The van der Waals surface area contributed by atoms with E-state index in [-0.39, 0.29) is 18.6 Å². The number of para-hydroxylation sites is 1. The quantitative estimate of drug-likeness (QED) is 0.736. The Morgan fingerprint density at radius 2 is 2.09 bits per heavy atom. The van der Waals surface area contributed by atoms with Crippen molar-refractivity contribution in [1.29, 1.82) is 0 Å². The Kier molecular flexibility index (Phi) is 3.93. The average molecular weight is 322 g/mol. The summed E-state index contributed by atoms with van der Waals surface area (Å²) in [6.45, 7) is -0.185. The van der Waals surface area contributed by atoms with Gasteiger partial charge in [-0.15, -0.1) is 11.8 Å². The normalized spacial score (nSPS) is 26.1. The smallest absolute Gasteiger partial charge is 0.337 e. The standard InChI is InChI=1S/C14H14N2O5S/c17-10(6-21-8-4-2-1-3-5-8)15-11-9-7-22-13(14(19)20)16(9)12(11)18/h1-5,9,11,13H,6-7H2,(H,15,17)(H,19,20)/t9?,11-,13?/m0/s1. The second-order valence-corrected chi connectivity index (χ2v) is 6.10. The second-order valence-electron chi connectivity index (χ2n) is 4.98. The van der Waals surface area contributed by atoms with Crippen molar-refractivity contribution in [3.05, 3.63) is 30.3 Å². The average Bonchev–Trinajstić information content (AvgIpc) is 2.92. The molecule has 2 saturated heterocycles. The van der Waals surface area contributed by atoms with Crippen LogP contribution in [0.2, 0.25) is 0 Å². The number of carboxylic acids is 1. The molecular weight excluding hydrogens is 308 g/mol. The lowest BCUT2D eigenvalue weighted by Gasteiger charge is -2.43. The molecule has 0 saturated carbocycles. The molecule has 7 nitrogen and oxygen atoms in total. The highest BCUT2D eigenvalue weighted by Gasteiger charge is 2.57. The molecule has 2 aliphatic heterocycles. The summed E-state index contributed by atoms with van der Waals surface area (Å²) in [6, 6.07) is 7.99. The Labute approximate surface area is 130 Å². The monoisotopic (exact) mass is 322 g/mol. The van der Waals surface area contributed by atoms with Crippen molar-refractivity contribution < 1.29 is 24.2 Å². The van der Waals surface area contributed by atoms with E-state index in [0.717, 1.165) is 0 Å². The van der Waals surface area contributed by atoms with E-state index in [9.17, 15) is 14.4 Å². The van der Waals surface area contributed by atoms with E-state index in [2.05, 4.69) is 5.32 Å². The SMILES string of the molecule is O=C(COc1ccccc1)N[C@@H]1C(=O)N2C(C(=O)O)SCC12. The van der Waals surface area contributed by atoms with Crippen molar-refractivity contribution in [2.45, 2.75) is 17.5 Å². The third-order valence-corrected chi connectivity index (χ3v) is 4.86. The molecule has 22 heavy (non-hydrogen) atoms. The summed E-state index contributed by atoms with van der Waals surface area (Å²) in [7, 11) is 0. The summed E-state index contributed by atoms with van der Waals surface area (Å²) in [6.07, 6.45) is 0. The Hall–Kier alpha value is -2.22. The van der Waals surface area contributed by atoms with Crippen molar-refractivity contribution in [3.63, 3.8) is 0 Å². The number of hydrogen-bond donors (Lipinski definition) is 2. The summed E-state index contributed by atoms with van der Waals surface area (Å²) >= 11 is 1.20.